The van der Waals surface area contributed by atoms with E-state index in [0.717, 1.165) is 42.9 Å². The lowest BCUT2D eigenvalue weighted by Crippen LogP contribution is -2.53. The molecular weight excluding hydrogens is 270 g/mol. The summed E-state index contributed by atoms with van der Waals surface area (Å²) in [5.41, 5.74) is 0.765. The van der Waals surface area contributed by atoms with Gasteiger partial charge in [-0.25, -0.2) is 0 Å². The van der Waals surface area contributed by atoms with Crippen LogP contribution >= 0.6 is 0 Å². The maximum atomic E-state index is 10.1. The molecule has 4 rings (SSSR count). The number of hydrogen-bond acceptors (Lipinski definition) is 2. The van der Waals surface area contributed by atoms with Crippen molar-refractivity contribution in [2.75, 3.05) is 0 Å². The molecule has 22 heavy (non-hydrogen) atoms. The van der Waals surface area contributed by atoms with Gasteiger partial charge in [0.15, 0.2) is 0 Å². The normalized spacial score (nSPS) is 57.4. The van der Waals surface area contributed by atoms with Crippen molar-refractivity contribution in [3.05, 3.63) is 0 Å². The van der Waals surface area contributed by atoms with E-state index in [4.69, 9.17) is 0 Å². The van der Waals surface area contributed by atoms with E-state index in [9.17, 15) is 10.4 Å². The van der Waals surface area contributed by atoms with E-state index in [-0.39, 0.29) is 6.10 Å². The van der Waals surface area contributed by atoms with E-state index in [2.05, 4.69) is 19.9 Å². The zero-order valence-corrected chi connectivity index (χ0v) is 14.2. The van der Waals surface area contributed by atoms with Gasteiger partial charge in [-0.3, -0.25) is 0 Å². The van der Waals surface area contributed by atoms with E-state index in [1.165, 1.54) is 38.5 Å². The topological polar surface area (TPSA) is 44.0 Å². The Hall–Kier alpha value is -0.550. The van der Waals surface area contributed by atoms with Gasteiger partial charge in [-0.1, -0.05) is 13.8 Å². The van der Waals surface area contributed by atoms with E-state index in [1.54, 1.807) is 0 Å². The van der Waals surface area contributed by atoms with Crippen molar-refractivity contribution < 1.29 is 5.11 Å². The first-order chi connectivity index (χ1) is 10.5. The summed E-state index contributed by atoms with van der Waals surface area (Å²) in [6.45, 7) is 4.97. The maximum Gasteiger partial charge on any atom is 0.0661 e. The van der Waals surface area contributed by atoms with Crippen LogP contribution in [-0.4, -0.2) is 11.2 Å². The number of nitriles is 1. The maximum absolute atomic E-state index is 10.1. The molecule has 122 valence electrons. The Bertz CT molecular complexity index is 496. The van der Waals surface area contributed by atoms with Crippen molar-refractivity contribution in [2.45, 2.75) is 77.7 Å². The fourth-order valence-corrected chi connectivity index (χ4v) is 7.45. The van der Waals surface area contributed by atoms with Gasteiger partial charge < -0.3 is 5.11 Å². The van der Waals surface area contributed by atoms with E-state index in [0.29, 0.717) is 16.7 Å². The molecule has 0 aliphatic heterocycles. The minimum atomic E-state index is -0.0436. The Kier molecular flexibility index (Phi) is 3.39. The molecule has 0 bridgehead atoms. The fraction of sp³-hybridized carbons (Fsp3) is 0.950. The molecule has 2 nitrogen and oxygen atoms in total. The highest BCUT2D eigenvalue weighted by molar-refractivity contribution is 5.12. The first-order valence-corrected chi connectivity index (χ1v) is 9.56. The van der Waals surface area contributed by atoms with Gasteiger partial charge >= 0.3 is 0 Å². The molecule has 0 amide bonds. The highest BCUT2D eigenvalue weighted by atomic mass is 16.3. The van der Waals surface area contributed by atoms with Crippen LogP contribution in [0.15, 0.2) is 0 Å². The second-order valence-electron chi connectivity index (χ2n) is 9.39. The molecule has 1 N–H and O–H groups in total. The molecule has 4 fully saturated rings. The van der Waals surface area contributed by atoms with Crippen LogP contribution in [0.3, 0.4) is 0 Å². The Morgan fingerprint density at radius 3 is 2.41 bits per heavy atom. The lowest BCUT2D eigenvalue weighted by atomic mass is 9.45. The van der Waals surface area contributed by atoms with Crippen LogP contribution in [0.1, 0.15) is 71.6 Å². The van der Waals surface area contributed by atoms with E-state index >= 15 is 0 Å². The Morgan fingerprint density at radius 1 is 0.909 bits per heavy atom. The third kappa shape index (κ3) is 1.87. The lowest BCUT2D eigenvalue weighted by molar-refractivity contribution is -0.124. The second-order valence-corrected chi connectivity index (χ2v) is 9.39. The van der Waals surface area contributed by atoms with Crippen LogP contribution < -0.4 is 0 Å². The van der Waals surface area contributed by atoms with Gasteiger partial charge in [0.1, 0.15) is 0 Å². The number of hydrogen-bond donors (Lipinski definition) is 1. The van der Waals surface area contributed by atoms with Crippen LogP contribution in [0.5, 0.6) is 0 Å². The van der Waals surface area contributed by atoms with Crippen molar-refractivity contribution in [1.29, 1.82) is 5.26 Å². The average molecular weight is 301 g/mol. The zero-order valence-electron chi connectivity index (χ0n) is 14.2. The molecule has 0 radical (unpaired) electrons. The van der Waals surface area contributed by atoms with Crippen LogP contribution in [0.4, 0.5) is 0 Å². The predicted octanol–water partition coefficient (Wildman–Crippen LogP) is 4.53. The number of fused-ring (bicyclic) bond motifs is 5. The van der Waals surface area contributed by atoms with Crippen molar-refractivity contribution in [3.8, 4) is 6.07 Å². The quantitative estimate of drug-likeness (QED) is 0.714. The van der Waals surface area contributed by atoms with Gasteiger partial charge in [0.25, 0.3) is 0 Å². The lowest BCUT2D eigenvalue weighted by Gasteiger charge is -2.60. The first kappa shape index (κ1) is 15.0. The largest absolute Gasteiger partial charge is 0.393 e. The van der Waals surface area contributed by atoms with Gasteiger partial charge in [0.05, 0.1) is 18.1 Å². The number of nitrogens with zero attached hydrogens (tertiary/aromatic N) is 1. The van der Waals surface area contributed by atoms with Gasteiger partial charge in [-0.15, -0.1) is 0 Å². The van der Waals surface area contributed by atoms with Crippen molar-refractivity contribution in [2.24, 2.45) is 40.4 Å². The summed E-state index contributed by atoms with van der Waals surface area (Å²) < 4.78 is 0. The summed E-state index contributed by atoms with van der Waals surface area (Å²) >= 11 is 0. The summed E-state index contributed by atoms with van der Waals surface area (Å²) in [6.07, 6.45) is 10.9. The fourth-order valence-electron chi connectivity index (χ4n) is 7.45. The number of rotatable bonds is 0. The predicted molar refractivity (Wildman–Crippen MR) is 86.8 cm³/mol. The minimum absolute atomic E-state index is 0.0436. The summed E-state index contributed by atoms with van der Waals surface area (Å²) in [6, 6.07) is 2.64. The van der Waals surface area contributed by atoms with Gasteiger partial charge in [-0.05, 0) is 92.3 Å². The van der Waals surface area contributed by atoms with E-state index < -0.39 is 0 Å². The molecule has 2 heteroatoms. The van der Waals surface area contributed by atoms with Crippen LogP contribution in [0.2, 0.25) is 0 Å². The number of aliphatic hydroxyl groups excluding tert-OH is 1. The highest BCUT2D eigenvalue weighted by Crippen LogP contribution is 2.67. The van der Waals surface area contributed by atoms with Gasteiger partial charge in [-0.2, -0.15) is 5.26 Å². The van der Waals surface area contributed by atoms with Crippen LogP contribution in [-0.2, 0) is 0 Å². The van der Waals surface area contributed by atoms with Gasteiger partial charge in [0.2, 0.25) is 0 Å². The second kappa shape index (κ2) is 4.97. The SMILES string of the molecule is C[C@]12CC[C@@H](O)C[C@@H]1CC[C@@H]1[C@@H]2CC[C@@]2(C)[C@H](C#N)CC[C@@H]12. The summed E-state index contributed by atoms with van der Waals surface area (Å²) in [5, 5.41) is 19.6. The van der Waals surface area contributed by atoms with Gasteiger partial charge in [0, 0.05) is 0 Å². The third-order valence-corrected chi connectivity index (χ3v) is 8.79. The molecule has 8 atom stereocenters. The molecule has 4 aliphatic carbocycles. The highest BCUT2D eigenvalue weighted by Gasteiger charge is 2.60. The molecule has 4 aliphatic rings. The van der Waals surface area contributed by atoms with Crippen molar-refractivity contribution >= 4 is 0 Å². The first-order valence-electron chi connectivity index (χ1n) is 9.56. The van der Waals surface area contributed by atoms with E-state index in [1.807, 2.05) is 0 Å². The van der Waals surface area contributed by atoms with Crippen LogP contribution in [0, 0.1) is 51.8 Å². The minimum Gasteiger partial charge on any atom is -0.393 e. The zero-order chi connectivity index (χ0) is 15.5. The third-order valence-electron chi connectivity index (χ3n) is 8.79. The Morgan fingerprint density at radius 2 is 1.64 bits per heavy atom. The molecule has 0 saturated heterocycles. The Labute approximate surface area is 135 Å². The molecule has 0 spiro atoms. The molecule has 0 aromatic carbocycles. The molecule has 0 unspecified atom stereocenters. The van der Waals surface area contributed by atoms with Crippen molar-refractivity contribution in [3.63, 3.8) is 0 Å². The summed E-state index contributed by atoms with van der Waals surface area (Å²) in [5.74, 6) is 3.55. The van der Waals surface area contributed by atoms with Crippen LogP contribution in [0.25, 0.3) is 0 Å². The standard InChI is InChI=1S/C20H31NO/c1-19-9-7-15(22)11-13(19)3-5-16-17-6-4-14(12-21)20(17,2)10-8-18(16)19/h13-18,22H,3-11H2,1-2H3/t13-,14-,15+,16-,17-,18-,19-,20-/m0/s1. The molecule has 0 heterocycles. The smallest absolute Gasteiger partial charge is 0.0661 e. The Balaban J connectivity index is 1.62. The van der Waals surface area contributed by atoms with Crippen molar-refractivity contribution in [1.82, 2.24) is 0 Å². The average Bonchev–Trinajstić information content (AvgIpc) is 2.84. The number of aliphatic hydroxyl groups is 1. The monoisotopic (exact) mass is 301 g/mol. The summed E-state index contributed by atoms with van der Waals surface area (Å²) in [7, 11) is 0. The molecular formula is C20H31NO. The summed E-state index contributed by atoms with van der Waals surface area (Å²) in [4.78, 5) is 0. The molecule has 0 aromatic rings. The molecule has 0 aromatic heterocycles. The molecule has 4 saturated carbocycles.